The topological polar surface area (TPSA) is 50.1 Å². The molecule has 1 fully saturated rings. The summed E-state index contributed by atoms with van der Waals surface area (Å²) in [6.07, 6.45) is 5.36. The zero-order valence-electron chi connectivity index (χ0n) is 13.4. The Morgan fingerprint density at radius 3 is 2.86 bits per heavy atom. The number of aliphatic hydroxyl groups is 1. The first kappa shape index (κ1) is 15.3. The molecule has 0 aliphatic heterocycles. The van der Waals surface area contributed by atoms with Gasteiger partial charge in [-0.1, -0.05) is 31.5 Å². The second-order valence-electron chi connectivity index (χ2n) is 6.61. The van der Waals surface area contributed by atoms with Gasteiger partial charge in [-0.3, -0.25) is 4.57 Å². The monoisotopic (exact) mass is 299 g/mol. The zero-order chi connectivity index (χ0) is 15.6. The quantitative estimate of drug-likeness (QED) is 0.892. The van der Waals surface area contributed by atoms with E-state index in [9.17, 15) is 5.11 Å². The van der Waals surface area contributed by atoms with Gasteiger partial charge in [0.2, 0.25) is 0 Å². The molecule has 0 unspecified atom stereocenters. The van der Waals surface area contributed by atoms with E-state index < -0.39 is 0 Å². The van der Waals surface area contributed by atoms with E-state index in [2.05, 4.69) is 33.9 Å². The van der Waals surface area contributed by atoms with E-state index in [4.69, 9.17) is 0 Å². The molecule has 2 atom stereocenters. The fraction of sp³-hybridized carbons (Fsp3) is 0.500. The predicted molar refractivity (Wildman–Crippen MR) is 88.0 cm³/mol. The van der Waals surface area contributed by atoms with Crippen molar-refractivity contribution in [3.05, 3.63) is 48.0 Å². The number of aliphatic hydroxyl groups excluding tert-OH is 1. The summed E-state index contributed by atoms with van der Waals surface area (Å²) in [5.41, 5.74) is 2.31. The van der Waals surface area contributed by atoms with Gasteiger partial charge in [-0.25, -0.2) is 4.98 Å². The molecule has 1 aliphatic carbocycles. The number of rotatable bonds is 5. The average molecular weight is 299 g/mol. The second-order valence-corrected chi connectivity index (χ2v) is 6.61. The van der Waals surface area contributed by atoms with Crippen molar-refractivity contribution in [2.75, 3.05) is 6.61 Å². The number of nitrogens with zero attached hydrogens (tertiary/aromatic N) is 2. The molecule has 2 N–H and O–H groups in total. The molecule has 0 bridgehead atoms. The number of aromatic nitrogens is 2. The Morgan fingerprint density at radius 1 is 1.36 bits per heavy atom. The highest BCUT2D eigenvalue weighted by Crippen LogP contribution is 2.37. The SMILES string of the molecule is Cc1ncc(CN[C@@H]2CCC[C@]2(C)CO)n1-c1ccccc1. The molecule has 0 radical (unpaired) electrons. The summed E-state index contributed by atoms with van der Waals surface area (Å²) in [6, 6.07) is 10.7. The van der Waals surface area contributed by atoms with Gasteiger partial charge >= 0.3 is 0 Å². The van der Waals surface area contributed by atoms with Gasteiger partial charge in [0.25, 0.3) is 0 Å². The fourth-order valence-electron chi connectivity index (χ4n) is 3.54. The summed E-state index contributed by atoms with van der Waals surface area (Å²) in [4.78, 5) is 4.47. The highest BCUT2D eigenvalue weighted by molar-refractivity contribution is 5.35. The van der Waals surface area contributed by atoms with Crippen molar-refractivity contribution >= 4 is 0 Å². The standard InChI is InChI=1S/C18H25N3O/c1-14-19-11-16(21(14)15-7-4-3-5-8-15)12-20-17-9-6-10-18(17,2)13-22/h3-5,7-8,11,17,20,22H,6,9-10,12-13H2,1-2H3/t17-,18-/m1/s1. The third kappa shape index (κ3) is 2.81. The molecule has 1 aliphatic rings. The maximum absolute atomic E-state index is 9.67. The average Bonchev–Trinajstić information content (AvgIpc) is 3.09. The van der Waals surface area contributed by atoms with Crippen LogP contribution >= 0.6 is 0 Å². The Morgan fingerprint density at radius 2 is 2.14 bits per heavy atom. The molecule has 0 spiro atoms. The van der Waals surface area contributed by atoms with Gasteiger partial charge in [-0.05, 0) is 31.9 Å². The number of para-hydroxylation sites is 1. The van der Waals surface area contributed by atoms with Crippen LogP contribution in [0.1, 0.15) is 37.7 Å². The summed E-state index contributed by atoms with van der Waals surface area (Å²) in [5, 5.41) is 13.3. The number of imidazole rings is 1. The van der Waals surface area contributed by atoms with Crippen LogP contribution in [0.5, 0.6) is 0 Å². The van der Waals surface area contributed by atoms with Crippen LogP contribution < -0.4 is 5.32 Å². The Balaban J connectivity index is 1.77. The van der Waals surface area contributed by atoms with Crippen LogP contribution in [-0.4, -0.2) is 27.3 Å². The van der Waals surface area contributed by atoms with E-state index >= 15 is 0 Å². The molecular formula is C18H25N3O. The Bertz CT molecular complexity index is 623. The number of aryl methyl sites for hydroxylation is 1. The van der Waals surface area contributed by atoms with E-state index in [1.165, 1.54) is 6.42 Å². The first-order valence-corrected chi connectivity index (χ1v) is 8.07. The molecule has 3 rings (SSSR count). The summed E-state index contributed by atoms with van der Waals surface area (Å²) < 4.78 is 2.19. The van der Waals surface area contributed by atoms with Crippen molar-refractivity contribution in [1.29, 1.82) is 0 Å². The molecule has 0 saturated heterocycles. The minimum absolute atomic E-state index is 0.00659. The molecule has 118 valence electrons. The van der Waals surface area contributed by atoms with E-state index in [-0.39, 0.29) is 12.0 Å². The third-order valence-electron chi connectivity index (χ3n) is 5.00. The molecule has 4 heteroatoms. The minimum Gasteiger partial charge on any atom is -0.396 e. The molecule has 1 aromatic carbocycles. The van der Waals surface area contributed by atoms with Crippen molar-refractivity contribution in [1.82, 2.24) is 14.9 Å². The number of hydrogen-bond donors (Lipinski definition) is 2. The van der Waals surface area contributed by atoms with Crippen LogP contribution in [0.25, 0.3) is 5.69 Å². The van der Waals surface area contributed by atoms with Crippen molar-refractivity contribution in [2.24, 2.45) is 5.41 Å². The van der Waals surface area contributed by atoms with Gasteiger partial charge in [0.15, 0.2) is 0 Å². The lowest BCUT2D eigenvalue weighted by molar-refractivity contribution is 0.118. The van der Waals surface area contributed by atoms with E-state index in [1.54, 1.807) is 0 Å². The summed E-state index contributed by atoms with van der Waals surface area (Å²) in [5.74, 6) is 0.999. The van der Waals surface area contributed by atoms with Crippen molar-refractivity contribution in [3.63, 3.8) is 0 Å². The first-order valence-electron chi connectivity index (χ1n) is 8.07. The van der Waals surface area contributed by atoms with E-state index in [1.807, 2.05) is 31.3 Å². The Hall–Kier alpha value is -1.65. The summed E-state index contributed by atoms with van der Waals surface area (Å²) >= 11 is 0. The van der Waals surface area contributed by atoms with Crippen molar-refractivity contribution in [2.45, 2.75) is 45.7 Å². The van der Waals surface area contributed by atoms with Gasteiger partial charge < -0.3 is 10.4 Å². The van der Waals surface area contributed by atoms with Gasteiger partial charge in [0.05, 0.1) is 11.9 Å². The summed E-state index contributed by atoms with van der Waals surface area (Å²) in [7, 11) is 0. The molecule has 4 nitrogen and oxygen atoms in total. The Labute approximate surface area is 132 Å². The number of benzene rings is 1. The molecule has 1 aromatic heterocycles. The predicted octanol–water partition coefficient (Wildman–Crippen LogP) is 2.82. The third-order valence-corrected chi connectivity index (χ3v) is 5.00. The maximum atomic E-state index is 9.67. The first-order chi connectivity index (χ1) is 10.6. The van der Waals surface area contributed by atoms with Crippen LogP contribution in [0, 0.1) is 12.3 Å². The van der Waals surface area contributed by atoms with E-state index in [0.29, 0.717) is 6.04 Å². The van der Waals surface area contributed by atoms with Crippen LogP contribution in [0.3, 0.4) is 0 Å². The lowest BCUT2D eigenvalue weighted by Gasteiger charge is -2.30. The fourth-order valence-corrected chi connectivity index (χ4v) is 3.54. The molecule has 2 aromatic rings. The van der Waals surface area contributed by atoms with Gasteiger partial charge in [-0.15, -0.1) is 0 Å². The lowest BCUT2D eigenvalue weighted by atomic mass is 9.86. The smallest absolute Gasteiger partial charge is 0.110 e. The van der Waals surface area contributed by atoms with Crippen LogP contribution in [-0.2, 0) is 6.54 Å². The molecule has 1 saturated carbocycles. The van der Waals surface area contributed by atoms with Crippen molar-refractivity contribution < 1.29 is 5.11 Å². The Kier molecular flexibility index (Phi) is 4.32. The number of hydrogen-bond acceptors (Lipinski definition) is 3. The highest BCUT2D eigenvalue weighted by Gasteiger charge is 2.37. The largest absolute Gasteiger partial charge is 0.396 e. The van der Waals surface area contributed by atoms with Crippen LogP contribution in [0.15, 0.2) is 36.5 Å². The molecule has 0 amide bonds. The number of nitrogens with one attached hydrogen (secondary N) is 1. The van der Waals surface area contributed by atoms with Gasteiger partial charge in [-0.2, -0.15) is 0 Å². The molecule has 1 heterocycles. The highest BCUT2D eigenvalue weighted by atomic mass is 16.3. The van der Waals surface area contributed by atoms with Crippen LogP contribution in [0.2, 0.25) is 0 Å². The van der Waals surface area contributed by atoms with E-state index in [0.717, 1.165) is 36.6 Å². The molecular weight excluding hydrogens is 274 g/mol. The van der Waals surface area contributed by atoms with Gasteiger partial charge in [0, 0.05) is 30.3 Å². The maximum Gasteiger partial charge on any atom is 0.110 e. The lowest BCUT2D eigenvalue weighted by Crippen LogP contribution is -2.41. The second kappa shape index (κ2) is 6.23. The minimum atomic E-state index is 0.00659. The van der Waals surface area contributed by atoms with Crippen molar-refractivity contribution in [3.8, 4) is 5.69 Å². The molecule has 22 heavy (non-hydrogen) atoms. The summed E-state index contributed by atoms with van der Waals surface area (Å²) in [6.45, 7) is 5.24. The van der Waals surface area contributed by atoms with Crippen LogP contribution in [0.4, 0.5) is 0 Å². The normalized spacial score (nSPS) is 24.8. The zero-order valence-corrected chi connectivity index (χ0v) is 13.4. The van der Waals surface area contributed by atoms with Gasteiger partial charge in [0.1, 0.15) is 5.82 Å².